The number of rotatable bonds is 3. The minimum absolute atomic E-state index is 0.127. The molecule has 0 aromatic rings. The largest absolute Gasteiger partial charge is 0.428 e. The molecule has 0 amide bonds. The van der Waals surface area contributed by atoms with Gasteiger partial charge in [0.15, 0.2) is 0 Å². The maximum Gasteiger partial charge on any atom is 0.319 e. The lowest BCUT2D eigenvalue weighted by atomic mass is 9.72. The van der Waals surface area contributed by atoms with E-state index in [0.717, 1.165) is 5.76 Å². The van der Waals surface area contributed by atoms with Gasteiger partial charge in [0.1, 0.15) is 5.76 Å². The number of hydrogen-bond acceptors (Lipinski definition) is 3. The second-order valence-corrected chi connectivity index (χ2v) is 8.10. The molecule has 0 unspecified atom stereocenters. The third kappa shape index (κ3) is 2.84. The number of allylic oxidation sites excluding steroid dienone is 2. The van der Waals surface area contributed by atoms with Crippen LogP contribution in [0.4, 0.5) is 0 Å². The van der Waals surface area contributed by atoms with Gasteiger partial charge in [-0.15, -0.1) is 0 Å². The van der Waals surface area contributed by atoms with Gasteiger partial charge in [0.25, 0.3) is 0 Å². The van der Waals surface area contributed by atoms with Crippen molar-refractivity contribution in [2.24, 2.45) is 17.3 Å². The first kappa shape index (κ1) is 18.1. The highest BCUT2D eigenvalue weighted by Gasteiger charge is 2.53. The standard InChI is InChI=1S/C18H33NO2/c1-11(2)14-15(12(3)4)21-16(20)17(7,8)18(9,10)19(14)13(5)6/h11-13H,1-10H3. The van der Waals surface area contributed by atoms with E-state index in [2.05, 4.69) is 60.3 Å². The summed E-state index contributed by atoms with van der Waals surface area (Å²) in [6.45, 7) is 21.2. The van der Waals surface area contributed by atoms with Gasteiger partial charge in [-0.25, -0.2) is 0 Å². The molecule has 0 atom stereocenters. The van der Waals surface area contributed by atoms with E-state index in [1.54, 1.807) is 0 Å². The zero-order valence-electron chi connectivity index (χ0n) is 15.5. The first-order chi connectivity index (χ1) is 9.35. The van der Waals surface area contributed by atoms with Crippen molar-refractivity contribution < 1.29 is 9.53 Å². The van der Waals surface area contributed by atoms with Gasteiger partial charge < -0.3 is 9.64 Å². The average Bonchev–Trinajstić information content (AvgIpc) is 2.35. The van der Waals surface area contributed by atoms with Crippen molar-refractivity contribution in [2.75, 3.05) is 0 Å². The van der Waals surface area contributed by atoms with Gasteiger partial charge in [0.2, 0.25) is 0 Å². The van der Waals surface area contributed by atoms with Crippen LogP contribution in [-0.2, 0) is 9.53 Å². The zero-order valence-corrected chi connectivity index (χ0v) is 15.5. The van der Waals surface area contributed by atoms with Gasteiger partial charge in [-0.1, -0.05) is 27.7 Å². The molecule has 0 aromatic heterocycles. The fraction of sp³-hybridized carbons (Fsp3) is 0.833. The molecular formula is C18H33NO2. The van der Waals surface area contributed by atoms with E-state index in [9.17, 15) is 4.79 Å². The summed E-state index contributed by atoms with van der Waals surface area (Å²) < 4.78 is 5.88. The maximum atomic E-state index is 12.7. The Morgan fingerprint density at radius 2 is 1.38 bits per heavy atom. The molecule has 1 aliphatic rings. The van der Waals surface area contributed by atoms with E-state index in [1.807, 2.05) is 13.8 Å². The van der Waals surface area contributed by atoms with E-state index in [4.69, 9.17) is 4.74 Å². The average molecular weight is 295 g/mol. The summed E-state index contributed by atoms with van der Waals surface area (Å²) in [6.07, 6.45) is 0. The molecule has 1 rings (SSSR count). The Morgan fingerprint density at radius 3 is 1.71 bits per heavy atom. The molecule has 0 saturated heterocycles. The van der Waals surface area contributed by atoms with E-state index >= 15 is 0 Å². The first-order valence-corrected chi connectivity index (χ1v) is 8.11. The van der Waals surface area contributed by atoms with Crippen molar-refractivity contribution >= 4 is 5.97 Å². The van der Waals surface area contributed by atoms with E-state index in [-0.39, 0.29) is 17.4 Å². The Kier molecular flexibility index (Phi) is 4.87. The van der Waals surface area contributed by atoms with E-state index < -0.39 is 5.41 Å². The number of carbonyl (C=O) groups is 1. The van der Waals surface area contributed by atoms with Crippen LogP contribution in [0.1, 0.15) is 69.2 Å². The fourth-order valence-corrected chi connectivity index (χ4v) is 3.15. The predicted octanol–water partition coefficient (Wildman–Crippen LogP) is 4.58. The summed E-state index contributed by atoms with van der Waals surface area (Å²) in [6, 6.07) is 0.305. The maximum absolute atomic E-state index is 12.7. The smallest absolute Gasteiger partial charge is 0.319 e. The minimum atomic E-state index is -0.575. The van der Waals surface area contributed by atoms with Gasteiger partial charge in [-0.05, 0) is 47.5 Å². The number of ether oxygens (including phenoxy) is 1. The van der Waals surface area contributed by atoms with Crippen LogP contribution in [0.5, 0.6) is 0 Å². The predicted molar refractivity (Wildman–Crippen MR) is 87.6 cm³/mol. The molecule has 0 radical (unpaired) electrons. The van der Waals surface area contributed by atoms with Gasteiger partial charge in [-0.2, -0.15) is 0 Å². The van der Waals surface area contributed by atoms with E-state index in [1.165, 1.54) is 5.70 Å². The molecule has 0 fully saturated rings. The van der Waals surface area contributed by atoms with Crippen molar-refractivity contribution in [1.82, 2.24) is 4.90 Å². The number of hydrogen-bond donors (Lipinski definition) is 0. The Labute approximate surface area is 130 Å². The van der Waals surface area contributed by atoms with Crippen molar-refractivity contribution in [3.8, 4) is 0 Å². The first-order valence-electron chi connectivity index (χ1n) is 8.11. The van der Waals surface area contributed by atoms with Gasteiger partial charge >= 0.3 is 5.97 Å². The van der Waals surface area contributed by atoms with Crippen LogP contribution >= 0.6 is 0 Å². The summed E-state index contributed by atoms with van der Waals surface area (Å²) >= 11 is 0. The zero-order chi connectivity index (χ0) is 16.7. The molecule has 3 nitrogen and oxygen atoms in total. The van der Waals surface area contributed by atoms with Crippen molar-refractivity contribution in [3.05, 3.63) is 11.5 Å². The van der Waals surface area contributed by atoms with E-state index in [0.29, 0.717) is 12.0 Å². The Hall–Kier alpha value is -0.990. The van der Waals surface area contributed by atoms with Crippen LogP contribution in [0.2, 0.25) is 0 Å². The lowest BCUT2D eigenvalue weighted by Gasteiger charge is -2.50. The van der Waals surface area contributed by atoms with Crippen LogP contribution in [0.25, 0.3) is 0 Å². The highest BCUT2D eigenvalue weighted by Crippen LogP contribution is 2.46. The van der Waals surface area contributed by atoms with Gasteiger partial charge in [0, 0.05) is 12.0 Å². The SMILES string of the molecule is CC(C)C1=C(C(C)C)N(C(C)C)C(C)(C)C(C)(C)C(=O)O1. The summed E-state index contributed by atoms with van der Waals surface area (Å²) in [5, 5.41) is 0. The van der Waals surface area contributed by atoms with Crippen LogP contribution in [0, 0.1) is 17.3 Å². The number of carbonyl (C=O) groups excluding carboxylic acids is 1. The summed E-state index contributed by atoms with van der Waals surface area (Å²) in [7, 11) is 0. The molecule has 1 heterocycles. The number of nitrogens with zero attached hydrogens (tertiary/aromatic N) is 1. The second-order valence-electron chi connectivity index (χ2n) is 8.10. The molecule has 0 bridgehead atoms. The highest BCUT2D eigenvalue weighted by atomic mass is 16.5. The van der Waals surface area contributed by atoms with Crippen molar-refractivity contribution in [1.29, 1.82) is 0 Å². The molecule has 21 heavy (non-hydrogen) atoms. The summed E-state index contributed by atoms with van der Waals surface area (Å²) in [5.74, 6) is 1.21. The van der Waals surface area contributed by atoms with Crippen molar-refractivity contribution in [3.63, 3.8) is 0 Å². The summed E-state index contributed by atoms with van der Waals surface area (Å²) in [4.78, 5) is 15.1. The molecule has 1 aliphatic heterocycles. The van der Waals surface area contributed by atoms with Crippen LogP contribution in [0.3, 0.4) is 0 Å². The molecular weight excluding hydrogens is 262 g/mol. The van der Waals surface area contributed by atoms with Crippen LogP contribution in [-0.4, -0.2) is 22.4 Å². The minimum Gasteiger partial charge on any atom is -0.428 e. The molecule has 0 spiro atoms. The fourth-order valence-electron chi connectivity index (χ4n) is 3.15. The van der Waals surface area contributed by atoms with Gasteiger partial charge in [-0.3, -0.25) is 4.79 Å². The lowest BCUT2D eigenvalue weighted by Crippen LogP contribution is -2.58. The Bertz CT molecular complexity index is 442. The second kappa shape index (κ2) is 5.66. The normalized spacial score (nSPS) is 22.1. The third-order valence-corrected chi connectivity index (χ3v) is 4.94. The number of cyclic esters (lactones) is 1. The Morgan fingerprint density at radius 1 is 0.905 bits per heavy atom. The van der Waals surface area contributed by atoms with Crippen LogP contribution in [0.15, 0.2) is 11.5 Å². The molecule has 0 aromatic carbocycles. The quantitative estimate of drug-likeness (QED) is 0.714. The molecule has 3 heteroatoms. The topological polar surface area (TPSA) is 29.5 Å². The third-order valence-electron chi connectivity index (χ3n) is 4.94. The Balaban J connectivity index is 3.69. The van der Waals surface area contributed by atoms with Crippen molar-refractivity contribution in [2.45, 2.75) is 80.8 Å². The number of esters is 1. The van der Waals surface area contributed by atoms with Crippen LogP contribution < -0.4 is 0 Å². The molecule has 0 N–H and O–H groups in total. The molecule has 0 saturated carbocycles. The summed E-state index contributed by atoms with van der Waals surface area (Å²) in [5.41, 5.74) is 0.284. The van der Waals surface area contributed by atoms with Gasteiger partial charge in [0.05, 0.1) is 16.7 Å². The molecule has 122 valence electrons. The monoisotopic (exact) mass is 295 g/mol. The lowest BCUT2D eigenvalue weighted by molar-refractivity contribution is -0.155. The molecule has 0 aliphatic carbocycles. The highest BCUT2D eigenvalue weighted by molar-refractivity contribution is 5.79.